The minimum atomic E-state index is -3.32. The Kier molecular flexibility index (Phi) is 3.73. The van der Waals surface area contributed by atoms with E-state index in [9.17, 15) is 8.42 Å². The Labute approximate surface area is 108 Å². The van der Waals surface area contributed by atoms with Crippen molar-refractivity contribution in [1.29, 1.82) is 0 Å². The number of alkyl halides is 1. The van der Waals surface area contributed by atoms with Gasteiger partial charge in [-0.25, -0.2) is 13.1 Å². The van der Waals surface area contributed by atoms with E-state index in [0.29, 0.717) is 4.21 Å². The van der Waals surface area contributed by atoms with Gasteiger partial charge in [0.25, 0.3) is 0 Å². The molecule has 0 amide bonds. The second-order valence-corrected chi connectivity index (χ2v) is 8.44. The lowest BCUT2D eigenvalue weighted by Gasteiger charge is -2.15. The van der Waals surface area contributed by atoms with Crippen molar-refractivity contribution >= 4 is 37.3 Å². The molecular weight excluding hydrogens is 310 g/mol. The van der Waals surface area contributed by atoms with Crippen LogP contribution in [-0.2, 0) is 10.0 Å². The zero-order chi connectivity index (χ0) is 11.8. The second kappa shape index (κ2) is 4.76. The highest BCUT2D eigenvalue weighted by Gasteiger charge is 2.29. The summed E-state index contributed by atoms with van der Waals surface area (Å²) in [7, 11) is -3.32. The molecule has 6 heteroatoms. The molecule has 1 aliphatic carbocycles. The van der Waals surface area contributed by atoms with Crippen molar-refractivity contribution in [2.45, 2.75) is 41.3 Å². The summed E-state index contributed by atoms with van der Waals surface area (Å²) in [6.07, 6.45) is 3.03. The fourth-order valence-corrected chi connectivity index (χ4v) is 5.37. The van der Waals surface area contributed by atoms with Crippen LogP contribution in [0.5, 0.6) is 0 Å². The summed E-state index contributed by atoms with van der Waals surface area (Å²) >= 11 is 4.83. The molecule has 0 aromatic carbocycles. The van der Waals surface area contributed by atoms with E-state index in [0.717, 1.165) is 24.1 Å². The first-order valence-electron chi connectivity index (χ1n) is 5.22. The van der Waals surface area contributed by atoms with Gasteiger partial charge in [0.1, 0.15) is 4.21 Å². The van der Waals surface area contributed by atoms with Crippen molar-refractivity contribution < 1.29 is 8.42 Å². The Balaban J connectivity index is 2.14. The minimum absolute atomic E-state index is 0.0346. The van der Waals surface area contributed by atoms with Crippen LogP contribution < -0.4 is 4.72 Å². The van der Waals surface area contributed by atoms with Crippen LogP contribution in [0, 0.1) is 6.92 Å². The van der Waals surface area contributed by atoms with Gasteiger partial charge in [0.15, 0.2) is 0 Å². The number of hydrogen-bond acceptors (Lipinski definition) is 3. The number of nitrogens with one attached hydrogen (secondary N) is 1. The van der Waals surface area contributed by atoms with Crippen molar-refractivity contribution in [3.05, 3.63) is 17.0 Å². The molecule has 2 unspecified atom stereocenters. The van der Waals surface area contributed by atoms with Crippen LogP contribution in [0.2, 0.25) is 0 Å². The second-order valence-electron chi connectivity index (χ2n) is 4.04. The van der Waals surface area contributed by atoms with Gasteiger partial charge in [0, 0.05) is 15.7 Å². The number of rotatable bonds is 3. The third-order valence-corrected chi connectivity index (χ3v) is 6.80. The Bertz CT molecular complexity index is 469. The molecule has 0 aliphatic heterocycles. The maximum atomic E-state index is 12.0. The SMILES string of the molecule is Cc1ccc(S(=O)(=O)NC2CCCC2Br)s1. The van der Waals surface area contributed by atoms with Crippen LogP contribution in [0.3, 0.4) is 0 Å². The van der Waals surface area contributed by atoms with Crippen LogP contribution in [0.15, 0.2) is 16.3 Å². The highest BCUT2D eigenvalue weighted by molar-refractivity contribution is 9.09. The van der Waals surface area contributed by atoms with Gasteiger partial charge in [-0.2, -0.15) is 0 Å². The minimum Gasteiger partial charge on any atom is -0.206 e. The lowest BCUT2D eigenvalue weighted by molar-refractivity contribution is 0.558. The lowest BCUT2D eigenvalue weighted by Crippen LogP contribution is -2.37. The molecule has 1 fully saturated rings. The fourth-order valence-electron chi connectivity index (χ4n) is 1.86. The first-order valence-corrected chi connectivity index (χ1v) is 8.43. The third kappa shape index (κ3) is 2.67. The summed E-state index contributed by atoms with van der Waals surface area (Å²) in [5, 5.41) is 0. The van der Waals surface area contributed by atoms with Gasteiger partial charge < -0.3 is 0 Å². The Morgan fingerprint density at radius 2 is 2.19 bits per heavy atom. The molecule has 1 saturated carbocycles. The van der Waals surface area contributed by atoms with Crippen LogP contribution in [0.4, 0.5) is 0 Å². The van der Waals surface area contributed by atoms with Gasteiger partial charge in [-0.05, 0) is 31.9 Å². The molecule has 2 rings (SSSR count). The van der Waals surface area contributed by atoms with Crippen LogP contribution in [-0.4, -0.2) is 19.3 Å². The average Bonchev–Trinajstić information content (AvgIpc) is 2.77. The molecule has 1 aromatic heterocycles. The van der Waals surface area contributed by atoms with Crippen LogP contribution in [0.1, 0.15) is 24.1 Å². The van der Waals surface area contributed by atoms with E-state index < -0.39 is 10.0 Å². The molecule has 1 aromatic rings. The van der Waals surface area contributed by atoms with E-state index in [1.807, 2.05) is 13.0 Å². The molecule has 16 heavy (non-hydrogen) atoms. The number of thiophene rings is 1. The van der Waals surface area contributed by atoms with Gasteiger partial charge in [-0.1, -0.05) is 22.4 Å². The third-order valence-electron chi connectivity index (χ3n) is 2.72. The predicted molar refractivity (Wildman–Crippen MR) is 69.7 cm³/mol. The molecule has 2 atom stereocenters. The highest BCUT2D eigenvalue weighted by Crippen LogP contribution is 2.28. The van der Waals surface area contributed by atoms with Crippen molar-refractivity contribution in [3.63, 3.8) is 0 Å². The monoisotopic (exact) mass is 323 g/mol. The molecule has 0 radical (unpaired) electrons. The molecule has 0 spiro atoms. The van der Waals surface area contributed by atoms with E-state index in [1.54, 1.807) is 6.07 Å². The lowest BCUT2D eigenvalue weighted by atomic mass is 10.3. The van der Waals surface area contributed by atoms with Gasteiger partial charge in [0.05, 0.1) is 0 Å². The normalized spacial score (nSPS) is 26.1. The first-order chi connectivity index (χ1) is 7.49. The maximum Gasteiger partial charge on any atom is 0.250 e. The molecular formula is C10H14BrNO2S2. The summed E-state index contributed by atoms with van der Waals surface area (Å²) in [6.45, 7) is 1.91. The highest BCUT2D eigenvalue weighted by atomic mass is 79.9. The van der Waals surface area contributed by atoms with Gasteiger partial charge in [-0.3, -0.25) is 0 Å². The van der Waals surface area contributed by atoms with Crippen molar-refractivity contribution in [1.82, 2.24) is 4.72 Å². The average molecular weight is 324 g/mol. The van der Waals surface area contributed by atoms with E-state index in [4.69, 9.17) is 0 Å². The number of sulfonamides is 1. The fraction of sp³-hybridized carbons (Fsp3) is 0.600. The molecule has 1 heterocycles. The topological polar surface area (TPSA) is 46.2 Å². The smallest absolute Gasteiger partial charge is 0.206 e. The summed E-state index contributed by atoms with van der Waals surface area (Å²) in [4.78, 5) is 1.28. The maximum absolute atomic E-state index is 12.0. The van der Waals surface area contributed by atoms with Crippen LogP contribution in [0.25, 0.3) is 0 Å². The Morgan fingerprint density at radius 1 is 1.44 bits per heavy atom. The number of halogens is 1. The van der Waals surface area contributed by atoms with E-state index in [-0.39, 0.29) is 10.9 Å². The summed E-state index contributed by atoms with van der Waals surface area (Å²) < 4.78 is 27.2. The number of hydrogen-bond donors (Lipinski definition) is 1. The largest absolute Gasteiger partial charge is 0.250 e. The van der Waals surface area contributed by atoms with Crippen molar-refractivity contribution in [3.8, 4) is 0 Å². The molecule has 1 N–H and O–H groups in total. The molecule has 0 bridgehead atoms. The summed E-state index contributed by atoms with van der Waals surface area (Å²) in [5.41, 5.74) is 0. The molecule has 0 saturated heterocycles. The summed E-state index contributed by atoms with van der Waals surface area (Å²) in [5.74, 6) is 0. The van der Waals surface area contributed by atoms with Crippen LogP contribution >= 0.6 is 27.3 Å². The summed E-state index contributed by atoms with van der Waals surface area (Å²) in [6, 6.07) is 3.53. The Hall–Kier alpha value is 0.0900. The standard InChI is InChI=1S/C10H14BrNO2S2/c1-7-5-6-10(15-7)16(13,14)12-9-4-2-3-8(9)11/h5-6,8-9,12H,2-4H2,1H3. The molecule has 1 aliphatic rings. The van der Waals surface area contributed by atoms with E-state index >= 15 is 0 Å². The molecule has 3 nitrogen and oxygen atoms in total. The first kappa shape index (κ1) is 12.5. The van der Waals surface area contributed by atoms with Crippen molar-refractivity contribution in [2.24, 2.45) is 0 Å². The predicted octanol–water partition coefficient (Wildman–Crippen LogP) is 2.65. The zero-order valence-corrected chi connectivity index (χ0v) is 12.2. The number of aryl methyl sites for hydroxylation is 1. The van der Waals surface area contributed by atoms with Gasteiger partial charge in [0.2, 0.25) is 10.0 Å². The van der Waals surface area contributed by atoms with Gasteiger partial charge in [-0.15, -0.1) is 11.3 Å². The zero-order valence-electron chi connectivity index (χ0n) is 8.94. The quantitative estimate of drug-likeness (QED) is 0.869. The van der Waals surface area contributed by atoms with Gasteiger partial charge >= 0.3 is 0 Å². The van der Waals surface area contributed by atoms with E-state index in [1.165, 1.54) is 11.3 Å². The van der Waals surface area contributed by atoms with E-state index in [2.05, 4.69) is 20.7 Å². The molecule has 90 valence electrons. The van der Waals surface area contributed by atoms with Crippen molar-refractivity contribution in [2.75, 3.05) is 0 Å². The Morgan fingerprint density at radius 3 is 2.69 bits per heavy atom.